The topological polar surface area (TPSA) is 125 Å². The van der Waals surface area contributed by atoms with Gasteiger partial charge in [-0.3, -0.25) is 20.0 Å². The number of morpholine rings is 1. The molecule has 0 atom stereocenters. The summed E-state index contributed by atoms with van der Waals surface area (Å²) >= 11 is 0. The predicted octanol–water partition coefficient (Wildman–Crippen LogP) is 6.59. The predicted molar refractivity (Wildman–Crippen MR) is 184 cm³/mol. The van der Waals surface area contributed by atoms with Gasteiger partial charge in [-0.1, -0.05) is 30.3 Å². The number of rotatable bonds is 10. The molecule has 47 heavy (non-hydrogen) atoms. The summed E-state index contributed by atoms with van der Waals surface area (Å²) in [5.41, 5.74) is 3.10. The van der Waals surface area contributed by atoms with Crippen molar-refractivity contribution in [3.63, 3.8) is 0 Å². The Morgan fingerprint density at radius 2 is 1.62 bits per heavy atom. The summed E-state index contributed by atoms with van der Waals surface area (Å²) in [6, 6.07) is 23.4. The van der Waals surface area contributed by atoms with Crippen molar-refractivity contribution < 1.29 is 23.9 Å². The highest BCUT2D eigenvalue weighted by atomic mass is 16.6. The zero-order valence-corrected chi connectivity index (χ0v) is 27.1. The van der Waals surface area contributed by atoms with Gasteiger partial charge in [0.1, 0.15) is 5.60 Å². The Morgan fingerprint density at radius 3 is 2.34 bits per heavy atom. The Balaban J connectivity index is 1.24. The minimum atomic E-state index is -0.656. The van der Waals surface area contributed by atoms with Gasteiger partial charge in [-0.15, -0.1) is 0 Å². The van der Waals surface area contributed by atoms with Crippen molar-refractivity contribution in [1.29, 1.82) is 0 Å². The van der Waals surface area contributed by atoms with Crippen LogP contribution in [0.1, 0.15) is 43.1 Å². The van der Waals surface area contributed by atoms with E-state index in [1.807, 2.05) is 42.5 Å². The van der Waals surface area contributed by atoms with E-state index in [0.717, 1.165) is 55.7 Å². The first-order valence-corrected chi connectivity index (χ1v) is 15.8. The number of hydrogen-bond acceptors (Lipinski definition) is 7. The molecule has 0 bridgehead atoms. The number of urea groups is 1. The summed E-state index contributed by atoms with van der Waals surface area (Å²) in [5.74, 6) is -0.333. The average molecular weight is 639 g/mol. The van der Waals surface area contributed by atoms with Crippen molar-refractivity contribution in [2.45, 2.75) is 39.3 Å². The molecule has 11 heteroatoms. The van der Waals surface area contributed by atoms with E-state index >= 15 is 0 Å². The Morgan fingerprint density at radius 1 is 0.894 bits per heavy atom. The van der Waals surface area contributed by atoms with Gasteiger partial charge in [-0.2, -0.15) is 0 Å². The number of para-hydroxylation sites is 2. The van der Waals surface area contributed by atoms with Crippen LogP contribution in [0.15, 0.2) is 85.1 Å². The zero-order valence-electron chi connectivity index (χ0n) is 27.1. The van der Waals surface area contributed by atoms with E-state index in [2.05, 4.69) is 25.8 Å². The summed E-state index contributed by atoms with van der Waals surface area (Å²) in [7, 11) is 0. The van der Waals surface area contributed by atoms with Crippen molar-refractivity contribution in [3.05, 3.63) is 96.2 Å². The molecule has 0 unspecified atom stereocenters. The van der Waals surface area contributed by atoms with Gasteiger partial charge in [0.05, 0.1) is 30.1 Å². The van der Waals surface area contributed by atoms with Gasteiger partial charge in [0.25, 0.3) is 5.91 Å². The molecule has 246 valence electrons. The molecule has 1 fully saturated rings. The van der Waals surface area contributed by atoms with Gasteiger partial charge >= 0.3 is 12.1 Å². The third-order valence-corrected chi connectivity index (χ3v) is 7.55. The molecule has 3 N–H and O–H groups in total. The quantitative estimate of drug-likeness (QED) is 0.179. The van der Waals surface area contributed by atoms with Crippen LogP contribution in [-0.2, 0) is 16.0 Å². The molecule has 1 aliphatic rings. The minimum absolute atomic E-state index is 0.203. The van der Waals surface area contributed by atoms with Crippen molar-refractivity contribution in [3.8, 4) is 0 Å². The zero-order chi connectivity index (χ0) is 33.2. The normalized spacial score (nSPS) is 13.5. The van der Waals surface area contributed by atoms with E-state index in [1.54, 1.807) is 68.3 Å². The van der Waals surface area contributed by atoms with Crippen LogP contribution in [0.25, 0.3) is 10.9 Å². The molecule has 4 aromatic rings. The molecule has 0 radical (unpaired) electrons. The molecule has 0 spiro atoms. The Kier molecular flexibility index (Phi) is 11.0. The highest BCUT2D eigenvalue weighted by molar-refractivity contribution is 6.07. The van der Waals surface area contributed by atoms with Crippen LogP contribution in [0, 0.1) is 0 Å². The Bertz CT molecular complexity index is 1680. The number of nitrogens with zero attached hydrogens (tertiary/aromatic N) is 3. The van der Waals surface area contributed by atoms with E-state index in [0.29, 0.717) is 35.7 Å². The minimum Gasteiger partial charge on any atom is -0.444 e. The average Bonchev–Trinajstić information content (AvgIpc) is 3.05. The molecule has 2 heterocycles. The van der Waals surface area contributed by atoms with E-state index in [1.165, 1.54) is 0 Å². The highest BCUT2D eigenvalue weighted by Crippen LogP contribution is 2.23. The number of carbonyl (C=O) groups is 3. The fourth-order valence-electron chi connectivity index (χ4n) is 5.21. The lowest BCUT2D eigenvalue weighted by atomic mass is 10.1. The first-order valence-electron chi connectivity index (χ1n) is 15.8. The molecule has 3 aromatic carbocycles. The summed E-state index contributed by atoms with van der Waals surface area (Å²) in [4.78, 5) is 47.6. The number of amides is 4. The molecule has 4 amide bonds. The third-order valence-electron chi connectivity index (χ3n) is 7.55. The molecule has 1 aromatic heterocycles. The van der Waals surface area contributed by atoms with Crippen molar-refractivity contribution >= 4 is 46.0 Å². The monoisotopic (exact) mass is 638 g/mol. The van der Waals surface area contributed by atoms with Crippen LogP contribution in [0.4, 0.5) is 26.7 Å². The second-order valence-electron chi connectivity index (χ2n) is 12.4. The number of carbonyl (C=O) groups excluding carboxylic acids is 3. The van der Waals surface area contributed by atoms with Crippen molar-refractivity contribution in [2.75, 3.05) is 55.3 Å². The number of anilines is 3. The number of ether oxygens (including phenoxy) is 2. The summed E-state index contributed by atoms with van der Waals surface area (Å²) < 4.78 is 10.8. The number of hydrogen-bond donors (Lipinski definition) is 3. The van der Waals surface area contributed by atoms with Gasteiger partial charge < -0.3 is 25.0 Å². The van der Waals surface area contributed by atoms with Gasteiger partial charge in [0.2, 0.25) is 0 Å². The lowest BCUT2D eigenvalue weighted by Gasteiger charge is -2.28. The van der Waals surface area contributed by atoms with E-state index in [4.69, 9.17) is 9.47 Å². The number of aromatic nitrogens is 1. The SMILES string of the molecule is CC(C)(C)OC(=O)Nc1ccccc1NC(=O)c1ccc(CN(CCCN2CCOCC2)C(=O)Nc2ccc3ncccc3c2)cc1. The van der Waals surface area contributed by atoms with Crippen molar-refractivity contribution in [1.82, 2.24) is 14.8 Å². The third kappa shape index (κ3) is 9.99. The van der Waals surface area contributed by atoms with Crippen LogP contribution >= 0.6 is 0 Å². The standard InChI is InChI=1S/C36H42N6O5/c1-36(2,3)47-35(45)40-32-10-5-4-9-31(32)39-33(43)27-13-11-26(12-14-27)25-42(19-7-18-41-20-22-46-23-21-41)34(44)38-29-15-16-30-28(24-29)8-6-17-37-30/h4-6,8-17,24H,7,18-23,25H2,1-3H3,(H,38,44)(H,39,43)(H,40,45). The maximum absolute atomic E-state index is 13.6. The van der Waals surface area contributed by atoms with Gasteiger partial charge in [-0.25, -0.2) is 9.59 Å². The smallest absolute Gasteiger partial charge is 0.412 e. The summed E-state index contributed by atoms with van der Waals surface area (Å²) in [6.45, 7) is 10.4. The summed E-state index contributed by atoms with van der Waals surface area (Å²) in [5, 5.41) is 9.57. The maximum atomic E-state index is 13.6. The highest BCUT2D eigenvalue weighted by Gasteiger charge is 2.19. The van der Waals surface area contributed by atoms with Crippen LogP contribution in [0.3, 0.4) is 0 Å². The number of fused-ring (bicyclic) bond motifs is 1. The molecular weight excluding hydrogens is 596 g/mol. The van der Waals surface area contributed by atoms with Gasteiger partial charge in [-0.05, 0) is 81.3 Å². The molecular formula is C36H42N6O5. The Hall–Kier alpha value is -5.00. The molecule has 1 aliphatic heterocycles. The van der Waals surface area contributed by atoms with Crippen LogP contribution in [-0.4, -0.2) is 77.8 Å². The second kappa shape index (κ2) is 15.5. The lowest BCUT2D eigenvalue weighted by molar-refractivity contribution is 0.0365. The maximum Gasteiger partial charge on any atom is 0.412 e. The van der Waals surface area contributed by atoms with Gasteiger partial charge in [0.15, 0.2) is 0 Å². The summed E-state index contributed by atoms with van der Waals surface area (Å²) in [6.07, 6.45) is 1.95. The Labute approximate surface area is 275 Å². The van der Waals surface area contributed by atoms with E-state index in [9.17, 15) is 14.4 Å². The molecule has 0 aliphatic carbocycles. The van der Waals surface area contributed by atoms with Crippen LogP contribution in [0.2, 0.25) is 0 Å². The molecule has 1 saturated heterocycles. The first-order chi connectivity index (χ1) is 22.6. The fraction of sp³-hybridized carbons (Fsp3) is 0.333. The molecule has 5 rings (SSSR count). The van der Waals surface area contributed by atoms with Crippen LogP contribution in [0.5, 0.6) is 0 Å². The number of nitrogens with one attached hydrogen (secondary N) is 3. The van der Waals surface area contributed by atoms with Crippen molar-refractivity contribution in [2.24, 2.45) is 0 Å². The number of pyridine rings is 1. The number of benzene rings is 3. The largest absolute Gasteiger partial charge is 0.444 e. The molecule has 0 saturated carbocycles. The van der Waals surface area contributed by atoms with E-state index < -0.39 is 11.7 Å². The second-order valence-corrected chi connectivity index (χ2v) is 12.4. The molecule has 11 nitrogen and oxygen atoms in total. The lowest BCUT2D eigenvalue weighted by Crippen LogP contribution is -2.40. The van der Waals surface area contributed by atoms with Gasteiger partial charge in [0, 0.05) is 55.6 Å². The first kappa shape index (κ1) is 33.4. The fourth-order valence-corrected chi connectivity index (χ4v) is 5.21. The van der Waals surface area contributed by atoms with Crippen LogP contribution < -0.4 is 16.0 Å². The van der Waals surface area contributed by atoms with E-state index in [-0.39, 0.29) is 11.9 Å².